The van der Waals surface area contributed by atoms with E-state index in [0.717, 1.165) is 11.4 Å². The molecule has 2 N–H and O–H groups in total. The number of likely N-dealkylation sites (N-methyl/N-ethyl adjacent to an activating group) is 1. The number of carbonyl (C=O) groups is 1. The molecule has 104 valence electrons. The lowest BCUT2D eigenvalue weighted by molar-refractivity contribution is -0.124. The minimum Gasteiger partial charge on any atom is -0.377 e. The first-order valence-electron chi connectivity index (χ1n) is 6.24. The van der Waals surface area contributed by atoms with Crippen molar-refractivity contribution in [3.8, 4) is 0 Å². The molecule has 1 atom stereocenters. The topological polar surface area (TPSA) is 79.4 Å². The van der Waals surface area contributed by atoms with Gasteiger partial charge in [-0.05, 0) is 6.92 Å². The predicted octanol–water partition coefficient (Wildman–Crippen LogP) is -0.222. The monoisotopic (exact) mass is 265 g/mol. The van der Waals surface area contributed by atoms with Gasteiger partial charge in [0.05, 0.1) is 13.2 Å². The van der Waals surface area contributed by atoms with Gasteiger partial charge in [0.2, 0.25) is 11.9 Å². The quantitative estimate of drug-likeness (QED) is 0.786. The second-order valence-corrected chi connectivity index (χ2v) is 4.35. The van der Waals surface area contributed by atoms with E-state index >= 15 is 0 Å². The minimum atomic E-state index is -0.350. The maximum Gasteiger partial charge on any atom is 0.244 e. The Morgan fingerprint density at radius 3 is 3.00 bits per heavy atom. The number of rotatable bonds is 3. The molecule has 7 heteroatoms. The van der Waals surface area contributed by atoms with Crippen molar-refractivity contribution in [2.45, 2.75) is 13.0 Å². The van der Waals surface area contributed by atoms with Crippen molar-refractivity contribution in [1.82, 2.24) is 15.3 Å². The fourth-order valence-corrected chi connectivity index (χ4v) is 2.09. The molecule has 1 aromatic heterocycles. The summed E-state index contributed by atoms with van der Waals surface area (Å²) in [6.45, 7) is 3.54. The van der Waals surface area contributed by atoms with Gasteiger partial charge in [0.1, 0.15) is 11.9 Å². The Morgan fingerprint density at radius 2 is 2.32 bits per heavy atom. The molecular weight excluding hydrogens is 246 g/mol. The van der Waals surface area contributed by atoms with E-state index in [2.05, 4.69) is 20.6 Å². The highest BCUT2D eigenvalue weighted by Gasteiger charge is 2.30. The van der Waals surface area contributed by atoms with Crippen LogP contribution >= 0.6 is 0 Å². The number of amides is 1. The number of nitrogens with one attached hydrogen (secondary N) is 2. The first kappa shape index (κ1) is 13.5. The summed E-state index contributed by atoms with van der Waals surface area (Å²) in [6.07, 6.45) is 1.75. The summed E-state index contributed by atoms with van der Waals surface area (Å²) in [5, 5.41) is 5.57. The van der Waals surface area contributed by atoms with Crippen molar-refractivity contribution in [1.29, 1.82) is 0 Å². The molecule has 1 unspecified atom stereocenters. The number of aromatic nitrogens is 2. The molecule has 1 aromatic rings. The van der Waals surface area contributed by atoms with Gasteiger partial charge in [-0.1, -0.05) is 0 Å². The van der Waals surface area contributed by atoms with Crippen molar-refractivity contribution < 1.29 is 9.53 Å². The largest absolute Gasteiger partial charge is 0.377 e. The number of hydrogen-bond donors (Lipinski definition) is 2. The van der Waals surface area contributed by atoms with Gasteiger partial charge in [-0.2, -0.15) is 4.98 Å². The van der Waals surface area contributed by atoms with E-state index in [1.807, 2.05) is 11.8 Å². The van der Waals surface area contributed by atoms with E-state index in [4.69, 9.17) is 4.74 Å². The lowest BCUT2D eigenvalue weighted by atomic mass is 10.2. The molecule has 0 saturated carbocycles. The van der Waals surface area contributed by atoms with E-state index in [0.29, 0.717) is 25.7 Å². The third-order valence-electron chi connectivity index (χ3n) is 3.12. The number of nitrogens with zero attached hydrogens (tertiary/aromatic N) is 3. The maximum absolute atomic E-state index is 11.9. The summed E-state index contributed by atoms with van der Waals surface area (Å²) in [6, 6.07) is -0.350. The van der Waals surface area contributed by atoms with Crippen LogP contribution in [0.25, 0.3) is 0 Å². The van der Waals surface area contributed by atoms with Crippen molar-refractivity contribution >= 4 is 17.7 Å². The molecule has 19 heavy (non-hydrogen) atoms. The Balaban J connectivity index is 2.34. The summed E-state index contributed by atoms with van der Waals surface area (Å²) < 4.78 is 5.39. The molecule has 2 heterocycles. The van der Waals surface area contributed by atoms with E-state index < -0.39 is 0 Å². The molecule has 0 aromatic carbocycles. The van der Waals surface area contributed by atoms with Gasteiger partial charge in [0, 0.05) is 32.4 Å². The smallest absolute Gasteiger partial charge is 0.244 e. The van der Waals surface area contributed by atoms with Gasteiger partial charge in [0.15, 0.2) is 0 Å². The van der Waals surface area contributed by atoms with Crippen molar-refractivity contribution in [3.63, 3.8) is 0 Å². The molecule has 1 saturated heterocycles. The average molecular weight is 265 g/mol. The standard InChI is InChI=1S/C12H19N5O2/c1-8-6-15-12(14-3)16-10(8)17-4-5-19-7-9(17)11(18)13-2/h6,9H,4-5,7H2,1-3H3,(H,13,18)(H,14,15,16). The second kappa shape index (κ2) is 5.83. The Hall–Kier alpha value is -1.89. The van der Waals surface area contributed by atoms with Gasteiger partial charge in [0.25, 0.3) is 0 Å². The third kappa shape index (κ3) is 2.76. The summed E-state index contributed by atoms with van der Waals surface area (Å²) in [5.41, 5.74) is 0.940. The fourth-order valence-electron chi connectivity index (χ4n) is 2.09. The number of hydrogen-bond acceptors (Lipinski definition) is 6. The lowest BCUT2D eigenvalue weighted by Gasteiger charge is -2.35. The Labute approximate surface area is 112 Å². The van der Waals surface area contributed by atoms with Gasteiger partial charge in [-0.25, -0.2) is 4.98 Å². The summed E-state index contributed by atoms with van der Waals surface area (Å²) in [4.78, 5) is 22.5. The zero-order valence-electron chi connectivity index (χ0n) is 11.4. The van der Waals surface area contributed by atoms with Crippen molar-refractivity contribution in [2.24, 2.45) is 0 Å². The highest BCUT2D eigenvalue weighted by Crippen LogP contribution is 2.22. The van der Waals surface area contributed by atoms with Crippen molar-refractivity contribution in [2.75, 3.05) is 44.1 Å². The van der Waals surface area contributed by atoms with Crippen LogP contribution in [0.5, 0.6) is 0 Å². The normalized spacial score (nSPS) is 19.1. The Morgan fingerprint density at radius 1 is 1.53 bits per heavy atom. The first-order chi connectivity index (χ1) is 9.17. The number of ether oxygens (including phenoxy) is 1. The highest BCUT2D eigenvalue weighted by atomic mass is 16.5. The van der Waals surface area contributed by atoms with Crippen LogP contribution in [0.4, 0.5) is 11.8 Å². The molecule has 0 aliphatic carbocycles. The van der Waals surface area contributed by atoms with Crippen LogP contribution in [0, 0.1) is 6.92 Å². The van der Waals surface area contributed by atoms with E-state index in [9.17, 15) is 4.79 Å². The van der Waals surface area contributed by atoms with Gasteiger partial charge < -0.3 is 20.3 Å². The molecule has 1 aliphatic rings. The fraction of sp³-hybridized carbons (Fsp3) is 0.583. The lowest BCUT2D eigenvalue weighted by Crippen LogP contribution is -2.54. The molecule has 7 nitrogen and oxygen atoms in total. The molecule has 1 amide bonds. The van der Waals surface area contributed by atoms with Gasteiger partial charge in [-0.15, -0.1) is 0 Å². The number of morpholine rings is 1. The molecule has 0 spiro atoms. The summed E-state index contributed by atoms with van der Waals surface area (Å²) in [7, 11) is 3.39. The number of anilines is 2. The van der Waals surface area contributed by atoms with E-state index in [1.165, 1.54) is 0 Å². The molecule has 1 fully saturated rings. The van der Waals surface area contributed by atoms with E-state index in [-0.39, 0.29) is 11.9 Å². The van der Waals surface area contributed by atoms with Crippen LogP contribution in [-0.4, -0.2) is 55.8 Å². The van der Waals surface area contributed by atoms with Gasteiger partial charge >= 0.3 is 0 Å². The van der Waals surface area contributed by atoms with Crippen molar-refractivity contribution in [3.05, 3.63) is 11.8 Å². The predicted molar refractivity (Wildman–Crippen MR) is 72.3 cm³/mol. The van der Waals surface area contributed by atoms with Crippen LogP contribution in [0.3, 0.4) is 0 Å². The molecule has 1 aliphatic heterocycles. The highest BCUT2D eigenvalue weighted by molar-refractivity contribution is 5.85. The van der Waals surface area contributed by atoms with Crippen LogP contribution in [0.1, 0.15) is 5.56 Å². The molecule has 0 radical (unpaired) electrons. The van der Waals surface area contributed by atoms with Crippen LogP contribution in [0.15, 0.2) is 6.20 Å². The minimum absolute atomic E-state index is 0.0660. The van der Waals surface area contributed by atoms with Gasteiger partial charge in [-0.3, -0.25) is 4.79 Å². The number of carbonyl (C=O) groups excluding carboxylic acids is 1. The van der Waals surface area contributed by atoms with Crippen LogP contribution < -0.4 is 15.5 Å². The summed E-state index contributed by atoms with van der Waals surface area (Å²) in [5.74, 6) is 1.25. The number of aryl methyl sites for hydroxylation is 1. The zero-order chi connectivity index (χ0) is 13.8. The second-order valence-electron chi connectivity index (χ2n) is 4.35. The Bertz CT molecular complexity index is 465. The summed E-state index contributed by atoms with van der Waals surface area (Å²) >= 11 is 0. The Kier molecular flexibility index (Phi) is 4.16. The zero-order valence-corrected chi connectivity index (χ0v) is 11.4. The maximum atomic E-state index is 11.9. The first-order valence-corrected chi connectivity index (χ1v) is 6.24. The average Bonchev–Trinajstić information content (AvgIpc) is 2.47. The molecule has 2 rings (SSSR count). The molecule has 0 bridgehead atoms. The molecular formula is C12H19N5O2. The van der Waals surface area contributed by atoms with Crippen LogP contribution in [0.2, 0.25) is 0 Å². The van der Waals surface area contributed by atoms with Crippen LogP contribution in [-0.2, 0) is 9.53 Å². The SMILES string of the molecule is CNC(=O)C1COCCN1c1nc(NC)ncc1C. The third-order valence-corrected chi connectivity index (χ3v) is 3.12. The van der Waals surface area contributed by atoms with E-state index in [1.54, 1.807) is 20.3 Å².